The third kappa shape index (κ3) is 1.83. The normalized spacial score (nSPS) is 17.5. The van der Waals surface area contributed by atoms with Crippen LogP contribution in [0.15, 0.2) is 30.5 Å². The van der Waals surface area contributed by atoms with Gasteiger partial charge in [0.05, 0.1) is 24.8 Å². The van der Waals surface area contributed by atoms with E-state index in [0.29, 0.717) is 11.3 Å². The van der Waals surface area contributed by atoms with Crippen molar-refractivity contribution in [2.75, 3.05) is 7.11 Å². The highest BCUT2D eigenvalue weighted by molar-refractivity contribution is 5.93. The van der Waals surface area contributed by atoms with Crippen LogP contribution < -0.4 is 0 Å². The average molecular weight is 259 g/mol. The number of aromatic nitrogens is 1. The molecule has 1 unspecified atom stereocenters. The van der Waals surface area contributed by atoms with Crippen molar-refractivity contribution < 1.29 is 19.4 Å². The number of hydrogen-bond acceptors (Lipinski definition) is 4. The molecule has 19 heavy (non-hydrogen) atoms. The second-order valence-electron chi connectivity index (χ2n) is 4.37. The maximum atomic E-state index is 11.4. The molecule has 2 N–H and O–H groups in total. The summed E-state index contributed by atoms with van der Waals surface area (Å²) in [5.41, 5.74) is 2.29. The Balaban J connectivity index is 2.11. The molecule has 0 saturated heterocycles. The van der Waals surface area contributed by atoms with E-state index in [1.165, 1.54) is 13.4 Å². The highest BCUT2D eigenvalue weighted by Crippen LogP contribution is 2.37. The van der Waals surface area contributed by atoms with Crippen molar-refractivity contribution in [1.29, 1.82) is 0 Å². The second kappa shape index (κ2) is 4.35. The fourth-order valence-electron chi connectivity index (χ4n) is 2.34. The first kappa shape index (κ1) is 11.6. The zero-order chi connectivity index (χ0) is 13.4. The average Bonchev–Trinajstić information content (AvgIpc) is 2.82. The van der Waals surface area contributed by atoms with Crippen LogP contribution >= 0.6 is 0 Å². The highest BCUT2D eigenvalue weighted by atomic mass is 16.5. The number of fused-ring (bicyclic) bond motifs is 3. The zero-order valence-corrected chi connectivity index (χ0v) is 10.3. The van der Waals surface area contributed by atoms with E-state index < -0.39 is 6.10 Å². The Morgan fingerprint density at radius 2 is 2.26 bits per heavy atom. The maximum absolute atomic E-state index is 11.4. The highest BCUT2D eigenvalue weighted by Gasteiger charge is 2.29. The largest absolute Gasteiger partial charge is 0.504 e. The Labute approximate surface area is 109 Å². The molecule has 5 nitrogen and oxygen atoms in total. The van der Waals surface area contributed by atoms with Gasteiger partial charge in [0.2, 0.25) is 0 Å². The fourth-order valence-corrected chi connectivity index (χ4v) is 2.34. The summed E-state index contributed by atoms with van der Waals surface area (Å²) in [4.78, 5) is 14.6. The summed E-state index contributed by atoms with van der Waals surface area (Å²) in [6.07, 6.45) is 0.904. The molecule has 2 aromatic rings. The summed E-state index contributed by atoms with van der Waals surface area (Å²) in [6.45, 7) is 0. The van der Waals surface area contributed by atoms with Crippen molar-refractivity contribution in [2.45, 2.75) is 12.5 Å². The molecule has 0 radical (unpaired) electrons. The molecule has 0 aliphatic carbocycles. The number of nitrogens with one attached hydrogen (secondary N) is 1. The lowest BCUT2D eigenvalue weighted by atomic mass is 10.0. The van der Waals surface area contributed by atoms with Gasteiger partial charge in [0, 0.05) is 10.9 Å². The number of aliphatic hydroxyl groups is 1. The number of aliphatic hydroxyl groups excluding tert-OH is 1. The number of rotatable bonds is 2. The summed E-state index contributed by atoms with van der Waals surface area (Å²) >= 11 is 0. The lowest BCUT2D eigenvalue weighted by Crippen LogP contribution is -2.14. The lowest BCUT2D eigenvalue weighted by molar-refractivity contribution is -0.143. The molecule has 1 aliphatic heterocycles. The van der Waals surface area contributed by atoms with E-state index in [1.807, 2.05) is 24.3 Å². The summed E-state index contributed by atoms with van der Waals surface area (Å²) in [7, 11) is 1.34. The van der Waals surface area contributed by atoms with E-state index in [4.69, 9.17) is 4.74 Å². The number of para-hydroxylation sites is 1. The van der Waals surface area contributed by atoms with E-state index in [9.17, 15) is 9.90 Å². The summed E-state index contributed by atoms with van der Waals surface area (Å²) in [5.74, 6) is -0.294. The predicted molar refractivity (Wildman–Crippen MR) is 69.4 cm³/mol. The molecule has 0 fully saturated rings. The first-order valence-corrected chi connectivity index (χ1v) is 5.93. The van der Waals surface area contributed by atoms with E-state index in [2.05, 4.69) is 9.72 Å². The van der Waals surface area contributed by atoms with Gasteiger partial charge in [-0.25, -0.2) is 0 Å². The number of methoxy groups -OCH3 is 1. The van der Waals surface area contributed by atoms with E-state index in [1.54, 1.807) is 0 Å². The van der Waals surface area contributed by atoms with Crippen molar-refractivity contribution >= 4 is 22.6 Å². The van der Waals surface area contributed by atoms with Gasteiger partial charge < -0.3 is 19.6 Å². The molecule has 98 valence electrons. The molecule has 2 heterocycles. The van der Waals surface area contributed by atoms with Gasteiger partial charge in [0.1, 0.15) is 12.4 Å². The van der Waals surface area contributed by atoms with Gasteiger partial charge in [-0.05, 0) is 6.07 Å². The number of benzene rings is 1. The maximum Gasteiger partial charge on any atom is 0.309 e. The van der Waals surface area contributed by atoms with Crippen LogP contribution in [0.2, 0.25) is 0 Å². The first-order chi connectivity index (χ1) is 9.20. The Bertz CT molecular complexity index is 671. The first-order valence-electron chi connectivity index (χ1n) is 5.93. The van der Waals surface area contributed by atoms with Crippen LogP contribution in [-0.4, -0.2) is 23.2 Å². The van der Waals surface area contributed by atoms with Crippen molar-refractivity contribution in [2.24, 2.45) is 0 Å². The summed E-state index contributed by atoms with van der Waals surface area (Å²) < 4.78 is 10.0. The van der Waals surface area contributed by atoms with Gasteiger partial charge in [-0.1, -0.05) is 18.2 Å². The van der Waals surface area contributed by atoms with Crippen molar-refractivity contribution in [3.63, 3.8) is 0 Å². The Hall–Kier alpha value is -2.43. The number of H-pyrrole nitrogens is 1. The van der Waals surface area contributed by atoms with Crippen LogP contribution in [-0.2, 0) is 14.3 Å². The number of carbonyl (C=O) groups is 1. The van der Waals surface area contributed by atoms with Crippen LogP contribution in [0.25, 0.3) is 16.7 Å². The quantitative estimate of drug-likeness (QED) is 0.813. The van der Waals surface area contributed by atoms with E-state index in [0.717, 1.165) is 10.9 Å². The van der Waals surface area contributed by atoms with Crippen LogP contribution in [0.4, 0.5) is 0 Å². The predicted octanol–water partition coefficient (Wildman–Crippen LogP) is 2.66. The molecular formula is C14H13NO4. The lowest BCUT2D eigenvalue weighted by Gasteiger charge is -2.20. The van der Waals surface area contributed by atoms with Crippen LogP contribution in [0, 0.1) is 0 Å². The molecule has 1 atom stereocenters. The van der Waals surface area contributed by atoms with Crippen LogP contribution in [0.1, 0.15) is 23.8 Å². The molecule has 0 bridgehead atoms. The van der Waals surface area contributed by atoms with Crippen molar-refractivity contribution in [3.8, 4) is 0 Å². The Kier molecular flexibility index (Phi) is 2.67. The smallest absolute Gasteiger partial charge is 0.309 e. The number of hydrogen-bond donors (Lipinski definition) is 2. The molecule has 1 aromatic heterocycles. The molecular weight excluding hydrogens is 246 g/mol. The molecule has 5 heteroatoms. The fraction of sp³-hybridized carbons (Fsp3) is 0.214. The molecule has 0 spiro atoms. The number of ether oxygens (including phenoxy) is 2. The van der Waals surface area contributed by atoms with Crippen LogP contribution in [0.3, 0.4) is 0 Å². The minimum Gasteiger partial charge on any atom is -0.504 e. The topological polar surface area (TPSA) is 71.6 Å². The van der Waals surface area contributed by atoms with Gasteiger partial charge in [0.15, 0.2) is 5.76 Å². The molecule has 1 aromatic carbocycles. The van der Waals surface area contributed by atoms with Gasteiger partial charge >= 0.3 is 5.97 Å². The van der Waals surface area contributed by atoms with Gasteiger partial charge in [-0.15, -0.1) is 0 Å². The minimum atomic E-state index is -0.467. The molecule has 3 rings (SSSR count). The third-order valence-electron chi connectivity index (χ3n) is 3.24. The third-order valence-corrected chi connectivity index (χ3v) is 3.24. The SMILES string of the molecule is COC(=O)CC1OC=C(O)c2c1[nH]c1ccccc21. The van der Waals surface area contributed by atoms with Gasteiger partial charge in [-0.3, -0.25) is 4.79 Å². The summed E-state index contributed by atoms with van der Waals surface area (Å²) in [5, 5.41) is 10.9. The number of carbonyl (C=O) groups excluding carboxylic acids is 1. The molecule has 1 aliphatic rings. The molecule has 0 saturated carbocycles. The standard InChI is InChI=1S/C14H13NO4/c1-18-12(17)6-11-14-13(10(16)7-19-11)8-4-2-3-5-9(8)15-14/h2-5,7,11,15-16H,6H2,1H3. The van der Waals surface area contributed by atoms with E-state index >= 15 is 0 Å². The summed E-state index contributed by atoms with van der Waals surface area (Å²) in [6, 6.07) is 7.63. The van der Waals surface area contributed by atoms with Gasteiger partial charge in [0.25, 0.3) is 0 Å². The van der Waals surface area contributed by atoms with Crippen LogP contribution in [0.5, 0.6) is 0 Å². The Morgan fingerprint density at radius 3 is 3.05 bits per heavy atom. The van der Waals surface area contributed by atoms with E-state index in [-0.39, 0.29) is 18.1 Å². The van der Waals surface area contributed by atoms with Crippen molar-refractivity contribution in [1.82, 2.24) is 4.98 Å². The van der Waals surface area contributed by atoms with Crippen molar-refractivity contribution in [3.05, 3.63) is 41.8 Å². The number of esters is 1. The number of aromatic amines is 1. The second-order valence-corrected chi connectivity index (χ2v) is 4.37. The Morgan fingerprint density at radius 1 is 1.47 bits per heavy atom. The minimum absolute atomic E-state index is 0.0635. The molecule has 0 amide bonds. The van der Waals surface area contributed by atoms with Gasteiger partial charge in [-0.2, -0.15) is 0 Å². The zero-order valence-electron chi connectivity index (χ0n) is 10.3. The monoisotopic (exact) mass is 259 g/mol.